The molecule has 6 nitrogen and oxygen atoms in total. The first-order valence-electron chi connectivity index (χ1n) is 9.16. The molecule has 0 aromatic heterocycles. The Balaban J connectivity index is 0.00000280. The first kappa shape index (κ1) is 21.7. The van der Waals surface area contributed by atoms with Gasteiger partial charge >= 0.3 is 0 Å². The second-order valence-corrected chi connectivity index (χ2v) is 6.84. The van der Waals surface area contributed by atoms with Gasteiger partial charge in [0.2, 0.25) is 5.91 Å². The molecular formula is C21H26ClN3O3. The summed E-state index contributed by atoms with van der Waals surface area (Å²) in [5, 5.41) is 5.71. The van der Waals surface area contributed by atoms with Gasteiger partial charge in [-0.1, -0.05) is 18.6 Å². The van der Waals surface area contributed by atoms with Crippen molar-refractivity contribution in [1.82, 2.24) is 0 Å². The number of anilines is 2. The molecule has 0 saturated heterocycles. The third-order valence-corrected chi connectivity index (χ3v) is 4.96. The van der Waals surface area contributed by atoms with E-state index in [2.05, 4.69) is 10.6 Å². The number of para-hydroxylation sites is 1. The van der Waals surface area contributed by atoms with Crippen molar-refractivity contribution < 1.29 is 14.3 Å². The predicted octanol–water partition coefficient (Wildman–Crippen LogP) is 3.83. The molecule has 150 valence electrons. The summed E-state index contributed by atoms with van der Waals surface area (Å²) in [6.45, 7) is 0. The summed E-state index contributed by atoms with van der Waals surface area (Å²) in [5.74, 6) is 0.534. The number of hydrogen-bond acceptors (Lipinski definition) is 4. The van der Waals surface area contributed by atoms with Gasteiger partial charge in [0.05, 0.1) is 18.4 Å². The Hall–Kier alpha value is -2.57. The van der Waals surface area contributed by atoms with Gasteiger partial charge in [0, 0.05) is 18.2 Å². The Labute approximate surface area is 171 Å². The van der Waals surface area contributed by atoms with Gasteiger partial charge in [-0.05, 0) is 55.2 Å². The van der Waals surface area contributed by atoms with E-state index in [1.165, 1.54) is 0 Å². The minimum atomic E-state index is -0.284. The maximum absolute atomic E-state index is 12.7. The summed E-state index contributed by atoms with van der Waals surface area (Å²) in [6, 6.07) is 14.1. The summed E-state index contributed by atoms with van der Waals surface area (Å²) in [5.41, 5.74) is 7.62. The number of nitrogens with one attached hydrogen (secondary N) is 2. The van der Waals surface area contributed by atoms with E-state index in [0.29, 0.717) is 29.1 Å². The standard InChI is InChI=1S/C21H25N3O3.ClH/c1-27-16-11-9-15(10-12-16)23-21(26)17-6-2-3-8-19(17)24-20(25)13-14-5-4-7-18(14)22;/h2-3,6,8-12,14,18H,4-5,7,13,22H2,1H3,(H,23,26)(H,24,25);1H/t14-,18+;/m0./s1. The fraction of sp³-hybridized carbons (Fsp3) is 0.333. The van der Waals surface area contributed by atoms with Crippen molar-refractivity contribution >= 4 is 35.6 Å². The van der Waals surface area contributed by atoms with Crippen LogP contribution in [0.4, 0.5) is 11.4 Å². The number of nitrogens with two attached hydrogens (primary N) is 1. The number of carbonyl (C=O) groups is 2. The molecule has 0 heterocycles. The summed E-state index contributed by atoms with van der Waals surface area (Å²) in [4.78, 5) is 25.1. The molecule has 2 aromatic rings. The molecule has 1 saturated carbocycles. The van der Waals surface area contributed by atoms with Crippen molar-refractivity contribution in [2.45, 2.75) is 31.7 Å². The highest BCUT2D eigenvalue weighted by atomic mass is 35.5. The number of benzene rings is 2. The summed E-state index contributed by atoms with van der Waals surface area (Å²) < 4.78 is 5.11. The number of rotatable bonds is 6. The van der Waals surface area contributed by atoms with Gasteiger partial charge in [-0.3, -0.25) is 9.59 Å². The van der Waals surface area contributed by atoms with Crippen LogP contribution in [0.5, 0.6) is 5.75 Å². The molecule has 2 amide bonds. The third-order valence-electron chi connectivity index (χ3n) is 4.96. The molecule has 1 aliphatic carbocycles. The molecule has 1 fully saturated rings. The zero-order chi connectivity index (χ0) is 19.2. The summed E-state index contributed by atoms with van der Waals surface area (Å²) in [6.07, 6.45) is 3.41. The molecule has 0 unspecified atom stereocenters. The van der Waals surface area contributed by atoms with Crippen LogP contribution in [0.25, 0.3) is 0 Å². The predicted molar refractivity (Wildman–Crippen MR) is 113 cm³/mol. The molecule has 0 aliphatic heterocycles. The van der Waals surface area contributed by atoms with Crippen LogP contribution in [0.2, 0.25) is 0 Å². The van der Waals surface area contributed by atoms with Gasteiger partial charge in [0.15, 0.2) is 0 Å². The lowest BCUT2D eigenvalue weighted by Crippen LogP contribution is -2.28. The highest BCUT2D eigenvalue weighted by molar-refractivity contribution is 6.10. The second-order valence-electron chi connectivity index (χ2n) is 6.84. The van der Waals surface area contributed by atoms with Crippen LogP contribution in [0.15, 0.2) is 48.5 Å². The Kier molecular flexibility index (Phi) is 7.84. The molecule has 0 spiro atoms. The van der Waals surface area contributed by atoms with E-state index in [1.54, 1.807) is 55.6 Å². The average molecular weight is 404 g/mol. The van der Waals surface area contributed by atoms with Gasteiger partial charge in [-0.15, -0.1) is 12.4 Å². The van der Waals surface area contributed by atoms with Gasteiger partial charge in [-0.2, -0.15) is 0 Å². The Bertz CT molecular complexity index is 811. The van der Waals surface area contributed by atoms with E-state index in [1.807, 2.05) is 0 Å². The van der Waals surface area contributed by atoms with Crippen LogP contribution in [0.3, 0.4) is 0 Å². The van der Waals surface area contributed by atoms with Crippen molar-refractivity contribution in [1.29, 1.82) is 0 Å². The van der Waals surface area contributed by atoms with E-state index in [4.69, 9.17) is 10.5 Å². The average Bonchev–Trinajstić information content (AvgIpc) is 3.07. The maximum Gasteiger partial charge on any atom is 0.257 e. The lowest BCUT2D eigenvalue weighted by atomic mass is 9.99. The largest absolute Gasteiger partial charge is 0.497 e. The normalized spacial score (nSPS) is 18.1. The van der Waals surface area contributed by atoms with Crippen LogP contribution in [-0.4, -0.2) is 25.0 Å². The molecule has 2 atom stereocenters. The number of halogens is 1. The van der Waals surface area contributed by atoms with Crippen LogP contribution in [0, 0.1) is 5.92 Å². The zero-order valence-corrected chi connectivity index (χ0v) is 16.6. The molecule has 28 heavy (non-hydrogen) atoms. The SMILES string of the molecule is COc1ccc(NC(=O)c2ccccc2NC(=O)C[C@@H]2CCC[C@H]2N)cc1.Cl. The van der Waals surface area contributed by atoms with Crippen LogP contribution < -0.4 is 21.1 Å². The first-order valence-corrected chi connectivity index (χ1v) is 9.16. The number of methoxy groups -OCH3 is 1. The lowest BCUT2D eigenvalue weighted by Gasteiger charge is -2.16. The highest BCUT2D eigenvalue weighted by Gasteiger charge is 2.26. The minimum absolute atomic E-state index is 0. The zero-order valence-electron chi connectivity index (χ0n) is 15.8. The van der Waals surface area contributed by atoms with E-state index >= 15 is 0 Å². The number of hydrogen-bond donors (Lipinski definition) is 3. The van der Waals surface area contributed by atoms with Gasteiger partial charge in [-0.25, -0.2) is 0 Å². The molecule has 3 rings (SSSR count). The summed E-state index contributed by atoms with van der Waals surface area (Å²) >= 11 is 0. The monoisotopic (exact) mass is 403 g/mol. The molecule has 1 aliphatic rings. The van der Waals surface area contributed by atoms with Gasteiger partial charge in [0.25, 0.3) is 5.91 Å². The Morgan fingerprint density at radius 2 is 1.79 bits per heavy atom. The Morgan fingerprint density at radius 1 is 1.07 bits per heavy atom. The van der Waals surface area contributed by atoms with Crippen molar-refractivity contribution in [3.63, 3.8) is 0 Å². The lowest BCUT2D eigenvalue weighted by molar-refractivity contribution is -0.117. The fourth-order valence-corrected chi connectivity index (χ4v) is 3.42. The van der Waals surface area contributed by atoms with E-state index in [9.17, 15) is 9.59 Å². The number of amides is 2. The van der Waals surface area contributed by atoms with Crippen molar-refractivity contribution in [3.05, 3.63) is 54.1 Å². The van der Waals surface area contributed by atoms with E-state index in [0.717, 1.165) is 19.3 Å². The quantitative estimate of drug-likeness (QED) is 0.683. The second kappa shape index (κ2) is 10.1. The molecule has 2 aromatic carbocycles. The molecular weight excluding hydrogens is 378 g/mol. The summed E-state index contributed by atoms with van der Waals surface area (Å²) in [7, 11) is 1.59. The van der Waals surface area contributed by atoms with Crippen LogP contribution in [-0.2, 0) is 4.79 Å². The first-order chi connectivity index (χ1) is 13.1. The molecule has 0 radical (unpaired) electrons. The fourth-order valence-electron chi connectivity index (χ4n) is 3.42. The van der Waals surface area contributed by atoms with Crippen LogP contribution in [0.1, 0.15) is 36.0 Å². The van der Waals surface area contributed by atoms with E-state index < -0.39 is 0 Å². The van der Waals surface area contributed by atoms with Crippen LogP contribution >= 0.6 is 12.4 Å². The smallest absolute Gasteiger partial charge is 0.257 e. The van der Waals surface area contributed by atoms with Crippen molar-refractivity contribution in [2.24, 2.45) is 11.7 Å². The topological polar surface area (TPSA) is 93.5 Å². The molecule has 7 heteroatoms. The number of carbonyl (C=O) groups excluding carboxylic acids is 2. The van der Waals surface area contributed by atoms with Crippen molar-refractivity contribution in [3.8, 4) is 5.75 Å². The molecule has 0 bridgehead atoms. The van der Waals surface area contributed by atoms with Gasteiger partial charge < -0.3 is 21.1 Å². The Morgan fingerprint density at radius 3 is 2.43 bits per heavy atom. The van der Waals surface area contributed by atoms with Crippen molar-refractivity contribution in [2.75, 3.05) is 17.7 Å². The van der Waals surface area contributed by atoms with Gasteiger partial charge in [0.1, 0.15) is 5.75 Å². The van der Waals surface area contributed by atoms with E-state index in [-0.39, 0.29) is 36.2 Å². The number of ether oxygens (including phenoxy) is 1. The third kappa shape index (κ3) is 5.47. The molecule has 4 N–H and O–H groups in total. The maximum atomic E-state index is 12.7. The highest BCUT2D eigenvalue weighted by Crippen LogP contribution is 2.27. The minimum Gasteiger partial charge on any atom is -0.497 e.